The van der Waals surface area contributed by atoms with E-state index in [-0.39, 0.29) is 0 Å². The highest BCUT2D eigenvalue weighted by atomic mass is 16.4. The molecule has 3 heteroatoms. The Morgan fingerprint density at radius 2 is 2.18 bits per heavy atom. The van der Waals surface area contributed by atoms with Crippen LogP contribution >= 0.6 is 0 Å². The van der Waals surface area contributed by atoms with E-state index < -0.39 is 12.0 Å². The van der Waals surface area contributed by atoms with E-state index in [2.05, 4.69) is 6.07 Å². The predicted molar refractivity (Wildman–Crippen MR) is 65.2 cm³/mol. The Labute approximate surface area is 100 Å². The van der Waals surface area contributed by atoms with Crippen LogP contribution < -0.4 is 0 Å². The molecule has 0 saturated carbocycles. The Hall–Kier alpha value is -1.79. The van der Waals surface area contributed by atoms with Crippen LogP contribution in [0.1, 0.15) is 31.6 Å². The average molecular weight is 229 g/mol. The smallest absolute Gasteiger partial charge is 0.135 e. The number of benzene rings is 1. The Balaban J connectivity index is 2.30. The van der Waals surface area contributed by atoms with Crippen LogP contribution in [0.25, 0.3) is 11.0 Å². The van der Waals surface area contributed by atoms with Gasteiger partial charge in [0.2, 0.25) is 0 Å². The normalized spacial score (nSPS) is 14.4. The standard InChI is InChI=1S/C14H15NO2/c1-2-5-11(9-15)14(16)13-8-10-6-3-4-7-12(10)17-13/h3-4,6-8,11,14,16H,2,5H2,1H3. The quantitative estimate of drug-likeness (QED) is 0.874. The number of nitriles is 1. The van der Waals surface area contributed by atoms with Crippen molar-refractivity contribution >= 4 is 11.0 Å². The molecule has 1 N–H and O–H groups in total. The van der Waals surface area contributed by atoms with Gasteiger partial charge in [0.15, 0.2) is 0 Å². The van der Waals surface area contributed by atoms with Gasteiger partial charge in [0.05, 0.1) is 12.0 Å². The summed E-state index contributed by atoms with van der Waals surface area (Å²) in [7, 11) is 0. The third-order valence-electron chi connectivity index (χ3n) is 2.88. The summed E-state index contributed by atoms with van der Waals surface area (Å²) in [5.41, 5.74) is 0.745. The molecule has 0 aliphatic rings. The maximum absolute atomic E-state index is 10.1. The Bertz CT molecular complexity index is 505. The molecule has 0 saturated heterocycles. The summed E-state index contributed by atoms with van der Waals surface area (Å²) in [5.74, 6) is 0.0757. The zero-order valence-corrected chi connectivity index (χ0v) is 9.76. The highest BCUT2D eigenvalue weighted by molar-refractivity contribution is 5.77. The van der Waals surface area contributed by atoms with E-state index in [1.165, 1.54) is 0 Å². The van der Waals surface area contributed by atoms with Crippen LogP contribution in [0, 0.1) is 17.2 Å². The van der Waals surface area contributed by atoms with Crippen molar-refractivity contribution in [3.8, 4) is 6.07 Å². The van der Waals surface area contributed by atoms with Gasteiger partial charge in [-0.25, -0.2) is 0 Å². The molecule has 17 heavy (non-hydrogen) atoms. The van der Waals surface area contributed by atoms with E-state index in [0.717, 1.165) is 17.4 Å². The van der Waals surface area contributed by atoms with Gasteiger partial charge in [0, 0.05) is 5.39 Å². The van der Waals surface area contributed by atoms with E-state index >= 15 is 0 Å². The van der Waals surface area contributed by atoms with E-state index in [9.17, 15) is 5.11 Å². The van der Waals surface area contributed by atoms with Gasteiger partial charge in [0.25, 0.3) is 0 Å². The molecular formula is C14H15NO2. The van der Waals surface area contributed by atoms with Gasteiger partial charge in [-0.05, 0) is 18.6 Å². The summed E-state index contributed by atoms with van der Waals surface area (Å²) in [6.45, 7) is 2.00. The van der Waals surface area contributed by atoms with Crippen molar-refractivity contribution in [3.05, 3.63) is 36.1 Å². The van der Waals surface area contributed by atoms with Crippen LogP contribution in [-0.2, 0) is 0 Å². The van der Waals surface area contributed by atoms with Crippen molar-refractivity contribution in [2.45, 2.75) is 25.9 Å². The number of furan rings is 1. The molecule has 2 aromatic rings. The second-order valence-corrected chi connectivity index (χ2v) is 4.16. The highest BCUT2D eigenvalue weighted by Crippen LogP contribution is 2.29. The molecule has 0 aliphatic carbocycles. The summed E-state index contributed by atoms with van der Waals surface area (Å²) in [6.07, 6.45) is 0.705. The van der Waals surface area contributed by atoms with Gasteiger partial charge in [-0.15, -0.1) is 0 Å². The van der Waals surface area contributed by atoms with Gasteiger partial charge in [-0.2, -0.15) is 5.26 Å². The zero-order chi connectivity index (χ0) is 12.3. The minimum Gasteiger partial charge on any atom is -0.458 e. The number of aliphatic hydroxyl groups excluding tert-OH is 1. The molecule has 0 amide bonds. The van der Waals surface area contributed by atoms with Gasteiger partial charge in [0.1, 0.15) is 17.4 Å². The first-order valence-corrected chi connectivity index (χ1v) is 5.82. The fourth-order valence-electron chi connectivity index (χ4n) is 1.95. The van der Waals surface area contributed by atoms with Crippen LogP contribution in [0.15, 0.2) is 34.7 Å². The minimum atomic E-state index is -0.840. The van der Waals surface area contributed by atoms with Gasteiger partial charge in [-0.1, -0.05) is 31.5 Å². The lowest BCUT2D eigenvalue weighted by atomic mass is 9.97. The summed E-state index contributed by atoms with van der Waals surface area (Å²) in [5, 5.41) is 20.1. The third kappa shape index (κ3) is 2.32. The fourth-order valence-corrected chi connectivity index (χ4v) is 1.95. The average Bonchev–Trinajstić information content (AvgIpc) is 2.78. The molecule has 1 aromatic heterocycles. The number of hydrogen-bond acceptors (Lipinski definition) is 3. The van der Waals surface area contributed by atoms with E-state index in [4.69, 9.17) is 9.68 Å². The molecule has 0 aliphatic heterocycles. The number of hydrogen-bond donors (Lipinski definition) is 1. The molecule has 0 bridgehead atoms. The first-order valence-electron chi connectivity index (χ1n) is 5.82. The van der Waals surface area contributed by atoms with Crippen LogP contribution in [-0.4, -0.2) is 5.11 Å². The Kier molecular flexibility index (Phi) is 3.46. The third-order valence-corrected chi connectivity index (χ3v) is 2.88. The maximum atomic E-state index is 10.1. The predicted octanol–water partition coefficient (Wildman–Crippen LogP) is 3.41. The first-order chi connectivity index (χ1) is 8.26. The lowest BCUT2D eigenvalue weighted by Gasteiger charge is -2.12. The van der Waals surface area contributed by atoms with Gasteiger partial charge >= 0.3 is 0 Å². The number of aliphatic hydroxyl groups is 1. The monoisotopic (exact) mass is 229 g/mol. The largest absolute Gasteiger partial charge is 0.458 e. The topological polar surface area (TPSA) is 57.2 Å². The van der Waals surface area contributed by atoms with Crippen molar-refractivity contribution in [2.24, 2.45) is 5.92 Å². The Morgan fingerprint density at radius 3 is 2.82 bits per heavy atom. The minimum absolute atomic E-state index is 0.402. The molecule has 1 aromatic carbocycles. The van der Waals surface area contributed by atoms with Crippen molar-refractivity contribution in [3.63, 3.8) is 0 Å². The molecule has 1 heterocycles. The second-order valence-electron chi connectivity index (χ2n) is 4.16. The van der Waals surface area contributed by atoms with Gasteiger partial charge in [-0.3, -0.25) is 0 Å². The van der Waals surface area contributed by atoms with Crippen LogP contribution in [0.5, 0.6) is 0 Å². The van der Waals surface area contributed by atoms with E-state index in [1.54, 1.807) is 6.07 Å². The van der Waals surface area contributed by atoms with Crippen molar-refractivity contribution in [1.82, 2.24) is 0 Å². The number of nitrogens with zero attached hydrogens (tertiary/aromatic N) is 1. The van der Waals surface area contributed by atoms with E-state index in [1.807, 2.05) is 31.2 Å². The molecule has 2 unspecified atom stereocenters. The Morgan fingerprint density at radius 1 is 1.41 bits per heavy atom. The summed E-state index contributed by atoms with van der Waals surface area (Å²) in [6, 6.07) is 11.5. The lowest BCUT2D eigenvalue weighted by molar-refractivity contribution is 0.107. The summed E-state index contributed by atoms with van der Waals surface area (Å²) in [4.78, 5) is 0. The molecule has 0 radical (unpaired) electrons. The van der Waals surface area contributed by atoms with E-state index in [0.29, 0.717) is 12.2 Å². The molecule has 88 valence electrons. The molecule has 0 fully saturated rings. The maximum Gasteiger partial charge on any atom is 0.135 e. The number of fused-ring (bicyclic) bond motifs is 1. The molecule has 2 atom stereocenters. The molecule has 2 rings (SSSR count). The van der Waals surface area contributed by atoms with Crippen LogP contribution in [0.4, 0.5) is 0 Å². The highest BCUT2D eigenvalue weighted by Gasteiger charge is 2.23. The van der Waals surface area contributed by atoms with Crippen LogP contribution in [0.2, 0.25) is 0 Å². The van der Waals surface area contributed by atoms with Crippen molar-refractivity contribution < 1.29 is 9.52 Å². The number of para-hydroxylation sites is 1. The first kappa shape index (κ1) is 11.7. The fraction of sp³-hybridized carbons (Fsp3) is 0.357. The second kappa shape index (κ2) is 5.03. The summed E-state index contributed by atoms with van der Waals surface area (Å²) >= 11 is 0. The zero-order valence-electron chi connectivity index (χ0n) is 9.76. The van der Waals surface area contributed by atoms with Crippen molar-refractivity contribution in [1.29, 1.82) is 5.26 Å². The number of rotatable bonds is 4. The molecule has 0 spiro atoms. The lowest BCUT2D eigenvalue weighted by Crippen LogP contribution is -2.09. The van der Waals surface area contributed by atoms with Gasteiger partial charge < -0.3 is 9.52 Å². The summed E-state index contributed by atoms with van der Waals surface area (Å²) < 4.78 is 5.56. The SMILES string of the molecule is CCCC(C#N)C(O)c1cc2ccccc2o1. The van der Waals surface area contributed by atoms with Crippen molar-refractivity contribution in [2.75, 3.05) is 0 Å². The van der Waals surface area contributed by atoms with Crippen LogP contribution in [0.3, 0.4) is 0 Å². The molecule has 3 nitrogen and oxygen atoms in total. The molecular weight excluding hydrogens is 214 g/mol.